The minimum Gasteiger partial charge on any atom is -0.478 e. The van der Waals surface area contributed by atoms with Gasteiger partial charge in [0.1, 0.15) is 0 Å². The molecule has 1 aromatic carbocycles. The van der Waals surface area contributed by atoms with E-state index in [-0.39, 0.29) is 11.6 Å². The Bertz CT molecular complexity index is 740. The normalized spacial score (nSPS) is 21.7. The second-order valence-electron chi connectivity index (χ2n) is 8.77. The summed E-state index contributed by atoms with van der Waals surface area (Å²) in [5.74, 6) is -0.937. The monoisotopic (exact) mass is 389 g/mol. The number of hydrogen-bond acceptors (Lipinski definition) is 5. The Hall–Kier alpha value is -1.57. The van der Waals surface area contributed by atoms with Crippen molar-refractivity contribution in [1.82, 2.24) is 0 Å². The van der Waals surface area contributed by atoms with Gasteiger partial charge in [-0.05, 0) is 76.5 Å². The zero-order valence-corrected chi connectivity index (χ0v) is 17.8. The maximum absolute atomic E-state index is 12.0. The number of aromatic carboxylic acids is 1. The fourth-order valence-electron chi connectivity index (χ4n) is 3.88. The van der Waals surface area contributed by atoms with Gasteiger partial charge >= 0.3 is 13.1 Å². The quantitative estimate of drug-likeness (QED) is 0.754. The molecule has 2 aliphatic heterocycles. The van der Waals surface area contributed by atoms with Gasteiger partial charge in [0.2, 0.25) is 0 Å². The first-order valence-corrected chi connectivity index (χ1v) is 10.2. The smallest absolute Gasteiger partial charge is 0.478 e. The number of carbonyl (C=O) groups is 1. The third-order valence-corrected chi connectivity index (χ3v) is 6.39. The molecule has 2 aliphatic rings. The fraction of sp³-hybridized carbons (Fsp3) is 0.667. The first-order valence-electron chi connectivity index (χ1n) is 10.2. The van der Waals surface area contributed by atoms with E-state index in [9.17, 15) is 9.90 Å². The fourth-order valence-corrected chi connectivity index (χ4v) is 3.88. The molecule has 6 nitrogen and oxygen atoms in total. The van der Waals surface area contributed by atoms with Crippen molar-refractivity contribution in [2.24, 2.45) is 0 Å². The van der Waals surface area contributed by atoms with Crippen molar-refractivity contribution in [2.75, 3.05) is 18.5 Å². The second-order valence-corrected chi connectivity index (χ2v) is 8.77. The molecule has 3 rings (SSSR count). The van der Waals surface area contributed by atoms with E-state index in [4.69, 9.17) is 14.0 Å². The molecule has 0 amide bonds. The predicted octanol–water partition coefficient (Wildman–Crippen LogP) is 3.15. The molecule has 0 aromatic heterocycles. The molecule has 154 valence electrons. The van der Waals surface area contributed by atoms with Crippen molar-refractivity contribution in [2.45, 2.75) is 78.0 Å². The van der Waals surface area contributed by atoms with Gasteiger partial charge in [0, 0.05) is 24.9 Å². The highest BCUT2D eigenvalue weighted by Gasteiger charge is 2.52. The molecule has 2 fully saturated rings. The molecule has 7 heteroatoms. The highest BCUT2D eigenvalue weighted by atomic mass is 16.7. The van der Waals surface area contributed by atoms with E-state index in [1.807, 2.05) is 34.6 Å². The van der Waals surface area contributed by atoms with Crippen LogP contribution < -0.4 is 10.8 Å². The van der Waals surface area contributed by atoms with E-state index >= 15 is 0 Å². The summed E-state index contributed by atoms with van der Waals surface area (Å²) in [4.78, 5) is 12.0. The van der Waals surface area contributed by atoms with E-state index in [0.29, 0.717) is 0 Å². The van der Waals surface area contributed by atoms with E-state index in [1.54, 1.807) is 6.07 Å². The standard InChI is InChI=1S/C21H32BNO5/c1-7-15-17(22-27-20(3,4)21(5,6)28-22)12-16(19(24)25)13(2)18(15)23-14-8-10-26-11-9-14/h12,14,23H,7-11H2,1-6H3,(H,24,25). The number of nitrogens with one attached hydrogen (secondary N) is 1. The van der Waals surface area contributed by atoms with Crippen LogP contribution >= 0.6 is 0 Å². The molecule has 28 heavy (non-hydrogen) atoms. The van der Waals surface area contributed by atoms with Crippen molar-refractivity contribution in [3.8, 4) is 0 Å². The number of rotatable bonds is 5. The van der Waals surface area contributed by atoms with Crippen molar-refractivity contribution < 1.29 is 23.9 Å². The number of benzene rings is 1. The summed E-state index contributed by atoms with van der Waals surface area (Å²) in [6.45, 7) is 13.4. The number of ether oxygens (including phenoxy) is 1. The number of hydrogen-bond donors (Lipinski definition) is 2. The summed E-state index contributed by atoms with van der Waals surface area (Å²) >= 11 is 0. The van der Waals surface area contributed by atoms with Gasteiger partial charge in [0.05, 0.1) is 16.8 Å². The van der Waals surface area contributed by atoms with Crippen LogP contribution in [-0.4, -0.2) is 48.7 Å². The third kappa shape index (κ3) is 3.80. The lowest BCUT2D eigenvalue weighted by atomic mass is 9.73. The zero-order chi connectivity index (χ0) is 20.7. The molecule has 0 atom stereocenters. The van der Waals surface area contributed by atoms with Gasteiger partial charge in [0.25, 0.3) is 0 Å². The summed E-state index contributed by atoms with van der Waals surface area (Å²) in [5.41, 5.74) is 2.86. The molecule has 0 spiro atoms. The summed E-state index contributed by atoms with van der Waals surface area (Å²) in [7, 11) is -0.589. The Labute approximate surface area is 168 Å². The maximum atomic E-state index is 12.0. The molecule has 0 saturated carbocycles. The maximum Gasteiger partial charge on any atom is 0.495 e. The Morgan fingerprint density at radius 2 is 1.79 bits per heavy atom. The number of carboxylic acids is 1. The highest BCUT2D eigenvalue weighted by Crippen LogP contribution is 2.38. The van der Waals surface area contributed by atoms with Crippen LogP contribution in [0.3, 0.4) is 0 Å². The first kappa shape index (κ1) is 21.2. The van der Waals surface area contributed by atoms with Crippen LogP contribution in [0.15, 0.2) is 6.07 Å². The van der Waals surface area contributed by atoms with Crippen LogP contribution in [0.25, 0.3) is 0 Å². The molecule has 1 aromatic rings. The van der Waals surface area contributed by atoms with E-state index in [0.717, 1.165) is 54.8 Å². The summed E-state index contributed by atoms with van der Waals surface area (Å²) in [6, 6.07) is 2.00. The van der Waals surface area contributed by atoms with Gasteiger partial charge in [-0.1, -0.05) is 6.92 Å². The zero-order valence-electron chi connectivity index (χ0n) is 17.8. The van der Waals surface area contributed by atoms with Crippen molar-refractivity contribution >= 4 is 24.2 Å². The minimum absolute atomic E-state index is 0.271. The average molecular weight is 389 g/mol. The van der Waals surface area contributed by atoms with Crippen LogP contribution in [0.5, 0.6) is 0 Å². The third-order valence-electron chi connectivity index (χ3n) is 6.39. The summed E-state index contributed by atoms with van der Waals surface area (Å²) < 4.78 is 18.0. The van der Waals surface area contributed by atoms with Gasteiger partial charge in [-0.25, -0.2) is 4.79 Å². The van der Waals surface area contributed by atoms with E-state index in [2.05, 4.69) is 12.2 Å². The number of carboxylic acid groups (broad SMARTS) is 1. The van der Waals surface area contributed by atoms with Crippen LogP contribution in [0.2, 0.25) is 0 Å². The van der Waals surface area contributed by atoms with Crippen LogP contribution in [0, 0.1) is 6.92 Å². The lowest BCUT2D eigenvalue weighted by molar-refractivity contribution is 0.00578. The SMILES string of the molecule is CCc1c(B2OC(C)(C)C(C)(C)O2)cc(C(=O)O)c(C)c1NC1CCOCC1. The van der Waals surface area contributed by atoms with Crippen LogP contribution in [0.4, 0.5) is 5.69 Å². The van der Waals surface area contributed by atoms with Crippen LogP contribution in [-0.2, 0) is 20.5 Å². The van der Waals surface area contributed by atoms with Gasteiger partial charge in [-0.3, -0.25) is 0 Å². The Morgan fingerprint density at radius 3 is 2.29 bits per heavy atom. The first-order chi connectivity index (χ1) is 13.1. The molecule has 2 saturated heterocycles. The van der Waals surface area contributed by atoms with Crippen molar-refractivity contribution in [1.29, 1.82) is 0 Å². The lowest BCUT2D eigenvalue weighted by Crippen LogP contribution is -2.41. The number of anilines is 1. The van der Waals surface area contributed by atoms with Crippen molar-refractivity contribution in [3.63, 3.8) is 0 Å². The Kier molecular flexibility index (Phi) is 5.81. The van der Waals surface area contributed by atoms with Gasteiger partial charge in [-0.15, -0.1) is 0 Å². The highest BCUT2D eigenvalue weighted by molar-refractivity contribution is 6.63. The molecule has 0 radical (unpaired) electrons. The summed E-state index contributed by atoms with van der Waals surface area (Å²) in [6.07, 6.45) is 2.57. The molecule has 0 unspecified atom stereocenters. The summed E-state index contributed by atoms with van der Waals surface area (Å²) in [5, 5.41) is 13.4. The topological polar surface area (TPSA) is 77.0 Å². The second kappa shape index (κ2) is 7.69. The molecule has 0 bridgehead atoms. The molecule has 2 heterocycles. The van der Waals surface area contributed by atoms with Gasteiger partial charge in [0.15, 0.2) is 0 Å². The van der Waals surface area contributed by atoms with Gasteiger partial charge < -0.3 is 24.5 Å². The molecular formula is C21H32BNO5. The Morgan fingerprint density at radius 1 is 1.21 bits per heavy atom. The average Bonchev–Trinajstić information content (AvgIpc) is 2.84. The Balaban J connectivity index is 2.08. The predicted molar refractivity (Wildman–Crippen MR) is 111 cm³/mol. The molecular weight excluding hydrogens is 357 g/mol. The van der Waals surface area contributed by atoms with Crippen LogP contribution in [0.1, 0.15) is 68.9 Å². The van der Waals surface area contributed by atoms with Crippen molar-refractivity contribution in [3.05, 3.63) is 22.8 Å². The molecule has 2 N–H and O–H groups in total. The van der Waals surface area contributed by atoms with Gasteiger partial charge in [-0.2, -0.15) is 0 Å². The molecule has 0 aliphatic carbocycles. The lowest BCUT2D eigenvalue weighted by Gasteiger charge is -2.32. The van der Waals surface area contributed by atoms with E-state index in [1.165, 1.54) is 0 Å². The minimum atomic E-state index is -0.937. The van der Waals surface area contributed by atoms with E-state index < -0.39 is 24.3 Å². The largest absolute Gasteiger partial charge is 0.495 e.